The first-order chi connectivity index (χ1) is 8.34. The van der Waals surface area contributed by atoms with Crippen molar-refractivity contribution in [2.45, 2.75) is 6.42 Å². The minimum Gasteiger partial charge on any atom is -0.273 e. The Morgan fingerprint density at radius 1 is 1.18 bits per heavy atom. The van der Waals surface area contributed by atoms with Crippen molar-refractivity contribution in [3.05, 3.63) is 42.2 Å². The lowest BCUT2D eigenvalue weighted by atomic mass is 10.1. The normalized spacial score (nSPS) is 14.2. The number of carbonyl (C=O) groups excluding carboxylic acids is 1. The van der Waals surface area contributed by atoms with Crippen LogP contribution < -0.4 is 5.43 Å². The Kier molecular flexibility index (Phi) is 1.47. The van der Waals surface area contributed by atoms with Crippen molar-refractivity contribution in [2.24, 2.45) is 0 Å². The molecular weight excluding hydrogens is 214 g/mol. The molecule has 0 atom stereocenters. The molecule has 1 amide bonds. The molecule has 0 saturated carbocycles. The molecule has 0 spiro atoms. The second kappa shape index (κ2) is 2.85. The molecule has 0 bridgehead atoms. The van der Waals surface area contributed by atoms with Crippen molar-refractivity contribution >= 4 is 27.7 Å². The Morgan fingerprint density at radius 3 is 3.00 bits per heavy atom. The van der Waals surface area contributed by atoms with Gasteiger partial charge in [0.05, 0.1) is 23.1 Å². The first-order valence-corrected chi connectivity index (χ1v) is 5.51. The van der Waals surface area contributed by atoms with E-state index in [-0.39, 0.29) is 5.91 Å². The van der Waals surface area contributed by atoms with E-state index in [9.17, 15) is 4.79 Å². The zero-order chi connectivity index (χ0) is 11.4. The monoisotopic (exact) mass is 223 g/mol. The van der Waals surface area contributed by atoms with Gasteiger partial charge in [-0.15, -0.1) is 0 Å². The topological polar surface area (TPSA) is 46.9 Å². The number of nitrogens with one attached hydrogen (secondary N) is 1. The summed E-state index contributed by atoms with van der Waals surface area (Å²) in [4.78, 5) is 15.9. The van der Waals surface area contributed by atoms with Crippen molar-refractivity contribution in [1.82, 2.24) is 9.66 Å². The number of pyridine rings is 1. The molecule has 2 aromatic heterocycles. The van der Waals surface area contributed by atoms with E-state index in [1.54, 1.807) is 6.20 Å². The van der Waals surface area contributed by atoms with Gasteiger partial charge in [0.25, 0.3) is 0 Å². The fourth-order valence-corrected chi connectivity index (χ4v) is 2.54. The predicted octanol–water partition coefficient (Wildman–Crippen LogP) is 1.82. The molecule has 0 radical (unpaired) electrons. The third kappa shape index (κ3) is 1.02. The fourth-order valence-electron chi connectivity index (χ4n) is 2.54. The van der Waals surface area contributed by atoms with Gasteiger partial charge in [0.1, 0.15) is 0 Å². The molecule has 1 aliphatic heterocycles. The molecule has 3 heterocycles. The molecule has 1 aliphatic rings. The summed E-state index contributed by atoms with van der Waals surface area (Å²) in [6.45, 7) is 0. The van der Waals surface area contributed by atoms with Crippen molar-refractivity contribution in [3.63, 3.8) is 0 Å². The van der Waals surface area contributed by atoms with E-state index >= 15 is 0 Å². The van der Waals surface area contributed by atoms with E-state index in [1.807, 2.05) is 28.9 Å². The van der Waals surface area contributed by atoms with E-state index in [2.05, 4.69) is 16.5 Å². The third-order valence-electron chi connectivity index (χ3n) is 3.22. The van der Waals surface area contributed by atoms with E-state index in [0.717, 1.165) is 27.5 Å². The molecule has 4 heteroatoms. The van der Waals surface area contributed by atoms with Crippen LogP contribution in [0.15, 0.2) is 36.5 Å². The number of benzene rings is 1. The second-order valence-corrected chi connectivity index (χ2v) is 4.22. The highest BCUT2D eigenvalue weighted by Crippen LogP contribution is 2.30. The summed E-state index contributed by atoms with van der Waals surface area (Å²) in [6.07, 6.45) is 2.13. The van der Waals surface area contributed by atoms with Crippen LogP contribution in [0.1, 0.15) is 5.69 Å². The van der Waals surface area contributed by atoms with Gasteiger partial charge in [0, 0.05) is 17.0 Å². The Labute approximate surface area is 96.8 Å². The number of carbonyl (C=O) groups is 1. The Hall–Kier alpha value is -2.36. The minimum atomic E-state index is -0.0150. The Bertz CT molecular complexity index is 773. The number of nitrogens with zero attached hydrogens (tertiary/aromatic N) is 2. The maximum absolute atomic E-state index is 11.6. The lowest BCUT2D eigenvalue weighted by Crippen LogP contribution is -2.29. The lowest BCUT2D eigenvalue weighted by molar-refractivity contribution is -0.116. The minimum absolute atomic E-state index is 0.0150. The molecule has 4 rings (SSSR count). The van der Waals surface area contributed by atoms with Crippen LogP contribution in [0, 0.1) is 0 Å². The number of hydrogen-bond acceptors (Lipinski definition) is 2. The molecule has 4 nitrogen and oxygen atoms in total. The van der Waals surface area contributed by atoms with E-state index in [1.165, 1.54) is 0 Å². The molecule has 0 saturated heterocycles. The van der Waals surface area contributed by atoms with Gasteiger partial charge in [-0.1, -0.05) is 18.2 Å². The van der Waals surface area contributed by atoms with Crippen LogP contribution in [-0.2, 0) is 11.2 Å². The maximum atomic E-state index is 11.6. The highest BCUT2D eigenvalue weighted by Gasteiger charge is 2.21. The summed E-state index contributed by atoms with van der Waals surface area (Å²) in [6, 6.07) is 10.0. The van der Waals surface area contributed by atoms with E-state index < -0.39 is 0 Å². The largest absolute Gasteiger partial charge is 0.273 e. The number of hydrogen-bond donors (Lipinski definition) is 1. The average Bonchev–Trinajstić information content (AvgIpc) is 2.67. The zero-order valence-electron chi connectivity index (χ0n) is 8.97. The maximum Gasteiger partial charge on any atom is 0.244 e. The number of para-hydroxylation sites is 1. The van der Waals surface area contributed by atoms with Gasteiger partial charge in [-0.25, -0.2) is 0 Å². The molecule has 1 N–H and O–H groups in total. The standard InChI is InChI=1S/C13H9N3O/c17-12-7-10-13-9(5-6-14-10)8-3-1-2-4-11(8)16(13)15-12/h1-6H,7H2,(H,15,17). The van der Waals surface area contributed by atoms with Crippen LogP contribution in [0.25, 0.3) is 21.8 Å². The van der Waals surface area contributed by atoms with Crippen molar-refractivity contribution < 1.29 is 4.79 Å². The first-order valence-electron chi connectivity index (χ1n) is 5.51. The number of amides is 1. The van der Waals surface area contributed by atoms with Gasteiger partial charge in [-0.05, 0) is 12.1 Å². The average molecular weight is 223 g/mol. The molecule has 0 unspecified atom stereocenters. The quantitative estimate of drug-likeness (QED) is 0.631. The van der Waals surface area contributed by atoms with Crippen LogP contribution in [0.4, 0.5) is 0 Å². The number of rotatable bonds is 0. The SMILES string of the molecule is O=C1Cc2nccc3c4ccccc4n(c23)N1. The smallest absolute Gasteiger partial charge is 0.244 e. The molecule has 0 aliphatic carbocycles. The summed E-state index contributed by atoms with van der Waals surface area (Å²) in [5.41, 5.74) is 5.77. The van der Waals surface area contributed by atoms with Gasteiger partial charge < -0.3 is 0 Å². The van der Waals surface area contributed by atoms with Crippen LogP contribution in [-0.4, -0.2) is 15.6 Å². The predicted molar refractivity (Wildman–Crippen MR) is 65.3 cm³/mol. The van der Waals surface area contributed by atoms with Gasteiger partial charge in [0.15, 0.2) is 0 Å². The van der Waals surface area contributed by atoms with E-state index in [4.69, 9.17) is 0 Å². The Balaban J connectivity index is 2.32. The molecule has 17 heavy (non-hydrogen) atoms. The molecule has 3 aromatic rings. The molecule has 82 valence electrons. The lowest BCUT2D eigenvalue weighted by Gasteiger charge is -2.16. The van der Waals surface area contributed by atoms with Gasteiger partial charge in [-0.2, -0.15) is 0 Å². The van der Waals surface area contributed by atoms with Crippen LogP contribution in [0.3, 0.4) is 0 Å². The summed E-state index contributed by atoms with van der Waals surface area (Å²) >= 11 is 0. The van der Waals surface area contributed by atoms with Crippen LogP contribution in [0.5, 0.6) is 0 Å². The van der Waals surface area contributed by atoms with Crippen molar-refractivity contribution in [2.75, 3.05) is 5.43 Å². The first kappa shape index (κ1) is 8.75. The van der Waals surface area contributed by atoms with Crippen LogP contribution in [0.2, 0.25) is 0 Å². The second-order valence-electron chi connectivity index (χ2n) is 4.22. The molecular formula is C13H9N3O. The van der Waals surface area contributed by atoms with E-state index in [0.29, 0.717) is 6.42 Å². The Morgan fingerprint density at radius 2 is 2.06 bits per heavy atom. The van der Waals surface area contributed by atoms with Gasteiger partial charge >= 0.3 is 0 Å². The summed E-state index contributed by atoms with van der Waals surface area (Å²) in [5, 5.41) is 2.29. The molecule has 1 aromatic carbocycles. The van der Waals surface area contributed by atoms with Crippen molar-refractivity contribution in [3.8, 4) is 0 Å². The van der Waals surface area contributed by atoms with Gasteiger partial charge in [-0.3, -0.25) is 19.9 Å². The third-order valence-corrected chi connectivity index (χ3v) is 3.22. The van der Waals surface area contributed by atoms with Crippen molar-refractivity contribution in [1.29, 1.82) is 0 Å². The summed E-state index contributed by atoms with van der Waals surface area (Å²) < 4.78 is 1.85. The summed E-state index contributed by atoms with van der Waals surface area (Å²) in [5.74, 6) is -0.0150. The molecule has 0 fully saturated rings. The fraction of sp³-hybridized carbons (Fsp3) is 0.0769. The summed E-state index contributed by atoms with van der Waals surface area (Å²) in [7, 11) is 0. The highest BCUT2D eigenvalue weighted by molar-refractivity contribution is 6.11. The number of aromatic nitrogens is 2. The zero-order valence-corrected chi connectivity index (χ0v) is 8.97. The highest BCUT2D eigenvalue weighted by atomic mass is 16.2. The van der Waals surface area contributed by atoms with Gasteiger partial charge in [0.2, 0.25) is 5.91 Å². The van der Waals surface area contributed by atoms with Crippen LogP contribution >= 0.6 is 0 Å². The number of fused-ring (bicyclic) bond motifs is 3.